The molecule has 0 fully saturated rings. The molecule has 0 saturated heterocycles. The Balaban J connectivity index is 1.76. The standard InChI is InChI=1S/C14H17N3S2/c1-2-12-16-14(19-17-12)18-11-8-7-9-5-3-4-6-10(9)13(11)15/h3-6,11,13H,2,7-8,15H2,1H3. The van der Waals surface area contributed by atoms with Crippen LogP contribution in [0.25, 0.3) is 0 Å². The number of aromatic nitrogens is 2. The second-order valence-electron chi connectivity index (χ2n) is 4.75. The molecule has 3 nitrogen and oxygen atoms in total. The molecule has 2 aromatic rings. The van der Waals surface area contributed by atoms with E-state index in [9.17, 15) is 0 Å². The molecule has 19 heavy (non-hydrogen) atoms. The van der Waals surface area contributed by atoms with Gasteiger partial charge >= 0.3 is 0 Å². The van der Waals surface area contributed by atoms with Crippen LogP contribution in [-0.4, -0.2) is 14.6 Å². The summed E-state index contributed by atoms with van der Waals surface area (Å²) in [6.45, 7) is 2.08. The Morgan fingerprint density at radius 2 is 2.26 bits per heavy atom. The van der Waals surface area contributed by atoms with Crippen molar-refractivity contribution >= 4 is 23.3 Å². The van der Waals surface area contributed by atoms with E-state index >= 15 is 0 Å². The Kier molecular flexibility index (Phi) is 3.86. The van der Waals surface area contributed by atoms with Crippen LogP contribution >= 0.6 is 23.3 Å². The molecule has 0 bridgehead atoms. The third-order valence-corrected chi connectivity index (χ3v) is 5.72. The third-order valence-electron chi connectivity index (χ3n) is 3.53. The van der Waals surface area contributed by atoms with Crippen LogP contribution in [0.15, 0.2) is 28.6 Å². The maximum atomic E-state index is 6.41. The fraction of sp³-hybridized carbons (Fsp3) is 0.429. The average molecular weight is 291 g/mol. The van der Waals surface area contributed by atoms with Crippen molar-refractivity contribution in [1.29, 1.82) is 0 Å². The summed E-state index contributed by atoms with van der Waals surface area (Å²) in [6.07, 6.45) is 3.13. The second kappa shape index (κ2) is 5.61. The number of thioether (sulfide) groups is 1. The molecule has 1 heterocycles. The number of hydrogen-bond acceptors (Lipinski definition) is 5. The minimum Gasteiger partial charge on any atom is -0.323 e. The number of fused-ring (bicyclic) bond motifs is 1. The van der Waals surface area contributed by atoms with E-state index in [4.69, 9.17) is 5.73 Å². The van der Waals surface area contributed by atoms with Gasteiger partial charge in [0.2, 0.25) is 0 Å². The zero-order valence-electron chi connectivity index (χ0n) is 10.9. The summed E-state index contributed by atoms with van der Waals surface area (Å²) in [5.74, 6) is 0.942. The lowest BCUT2D eigenvalue weighted by Gasteiger charge is -2.29. The van der Waals surface area contributed by atoms with Gasteiger partial charge in [0.05, 0.1) is 0 Å². The van der Waals surface area contributed by atoms with E-state index in [0.717, 1.165) is 29.4 Å². The van der Waals surface area contributed by atoms with Crippen molar-refractivity contribution in [2.75, 3.05) is 0 Å². The van der Waals surface area contributed by atoms with Crippen LogP contribution in [0.4, 0.5) is 0 Å². The molecule has 5 heteroatoms. The van der Waals surface area contributed by atoms with Crippen molar-refractivity contribution in [3.63, 3.8) is 0 Å². The maximum absolute atomic E-state index is 6.41. The van der Waals surface area contributed by atoms with E-state index in [0.29, 0.717) is 5.25 Å². The van der Waals surface area contributed by atoms with Gasteiger partial charge in [0.1, 0.15) is 5.82 Å². The van der Waals surface area contributed by atoms with Crippen LogP contribution in [0.1, 0.15) is 36.3 Å². The fourth-order valence-corrected chi connectivity index (χ4v) is 4.56. The molecule has 1 aromatic carbocycles. The lowest BCUT2D eigenvalue weighted by atomic mass is 9.88. The Bertz CT molecular complexity index is 567. The van der Waals surface area contributed by atoms with Crippen LogP contribution in [0.3, 0.4) is 0 Å². The van der Waals surface area contributed by atoms with Crippen molar-refractivity contribution in [3.8, 4) is 0 Å². The molecule has 2 unspecified atom stereocenters. The Labute approximate surface area is 121 Å². The topological polar surface area (TPSA) is 51.8 Å². The van der Waals surface area contributed by atoms with Gasteiger partial charge in [-0.2, -0.15) is 4.37 Å². The molecule has 0 spiro atoms. The fourth-order valence-electron chi connectivity index (χ4n) is 2.46. The summed E-state index contributed by atoms with van der Waals surface area (Å²) in [4.78, 5) is 4.53. The molecule has 0 radical (unpaired) electrons. The molecular weight excluding hydrogens is 274 g/mol. The van der Waals surface area contributed by atoms with Gasteiger partial charge in [-0.15, -0.1) is 0 Å². The predicted molar refractivity (Wildman–Crippen MR) is 80.6 cm³/mol. The minimum absolute atomic E-state index is 0.101. The van der Waals surface area contributed by atoms with Crippen LogP contribution in [-0.2, 0) is 12.8 Å². The monoisotopic (exact) mass is 291 g/mol. The number of hydrogen-bond donors (Lipinski definition) is 1. The first-order chi connectivity index (χ1) is 9.28. The molecule has 1 aliphatic rings. The zero-order valence-corrected chi connectivity index (χ0v) is 12.5. The van der Waals surface area contributed by atoms with E-state index in [1.54, 1.807) is 11.8 Å². The van der Waals surface area contributed by atoms with Crippen LogP contribution in [0, 0.1) is 0 Å². The summed E-state index contributed by atoms with van der Waals surface area (Å²) in [7, 11) is 0. The Morgan fingerprint density at radius 3 is 3.05 bits per heavy atom. The van der Waals surface area contributed by atoms with Crippen molar-refractivity contribution in [2.45, 2.75) is 41.8 Å². The first-order valence-corrected chi connectivity index (χ1v) is 8.26. The number of nitrogens with two attached hydrogens (primary N) is 1. The Hall–Kier alpha value is -0.910. The first kappa shape index (κ1) is 13.1. The van der Waals surface area contributed by atoms with Gasteiger partial charge in [-0.05, 0) is 35.5 Å². The van der Waals surface area contributed by atoms with E-state index in [1.165, 1.54) is 22.7 Å². The molecule has 3 rings (SSSR count). The smallest absolute Gasteiger partial charge is 0.170 e. The zero-order chi connectivity index (χ0) is 13.2. The lowest BCUT2D eigenvalue weighted by Crippen LogP contribution is -2.29. The van der Waals surface area contributed by atoms with Gasteiger partial charge < -0.3 is 5.73 Å². The first-order valence-electron chi connectivity index (χ1n) is 6.60. The number of benzene rings is 1. The van der Waals surface area contributed by atoms with Gasteiger partial charge in [-0.25, -0.2) is 4.98 Å². The highest BCUT2D eigenvalue weighted by molar-refractivity contribution is 8.01. The van der Waals surface area contributed by atoms with Gasteiger partial charge in [0.25, 0.3) is 0 Å². The summed E-state index contributed by atoms with van der Waals surface area (Å²) in [6, 6.07) is 8.62. The third kappa shape index (κ3) is 2.68. The molecule has 0 saturated carbocycles. The van der Waals surface area contributed by atoms with Crippen molar-refractivity contribution < 1.29 is 0 Å². The van der Waals surface area contributed by atoms with E-state index in [2.05, 4.69) is 40.5 Å². The maximum Gasteiger partial charge on any atom is 0.170 e. The van der Waals surface area contributed by atoms with Crippen LogP contribution in [0.5, 0.6) is 0 Å². The van der Waals surface area contributed by atoms with Crippen molar-refractivity contribution in [2.24, 2.45) is 5.73 Å². The quantitative estimate of drug-likeness (QED) is 0.943. The molecule has 1 aliphatic carbocycles. The second-order valence-corrected chi connectivity index (χ2v) is 6.99. The van der Waals surface area contributed by atoms with Gasteiger partial charge in [-0.3, -0.25) is 0 Å². The molecule has 100 valence electrons. The normalized spacial score (nSPS) is 22.2. The summed E-state index contributed by atoms with van der Waals surface area (Å²) < 4.78 is 5.39. The van der Waals surface area contributed by atoms with Gasteiger partial charge in [-0.1, -0.05) is 43.0 Å². The van der Waals surface area contributed by atoms with Crippen LogP contribution in [0.2, 0.25) is 0 Å². The van der Waals surface area contributed by atoms with Crippen molar-refractivity contribution in [1.82, 2.24) is 9.36 Å². The Morgan fingerprint density at radius 1 is 1.42 bits per heavy atom. The highest BCUT2D eigenvalue weighted by Gasteiger charge is 2.28. The van der Waals surface area contributed by atoms with Crippen molar-refractivity contribution in [3.05, 3.63) is 41.2 Å². The minimum atomic E-state index is 0.101. The van der Waals surface area contributed by atoms with Gasteiger partial charge in [0, 0.05) is 17.7 Å². The number of rotatable bonds is 3. The molecule has 1 aromatic heterocycles. The highest BCUT2D eigenvalue weighted by Crippen LogP contribution is 2.39. The molecule has 2 N–H and O–H groups in total. The van der Waals surface area contributed by atoms with Crippen LogP contribution < -0.4 is 5.73 Å². The summed E-state index contributed by atoms with van der Waals surface area (Å²) >= 11 is 3.29. The summed E-state index contributed by atoms with van der Waals surface area (Å²) in [5, 5.41) is 0.410. The number of aryl methyl sites for hydroxylation is 2. The van der Waals surface area contributed by atoms with E-state index in [-0.39, 0.29) is 6.04 Å². The average Bonchev–Trinajstić information content (AvgIpc) is 2.90. The SMILES string of the molecule is CCc1nsc(SC2CCc3ccccc3C2N)n1. The van der Waals surface area contributed by atoms with E-state index in [1.807, 2.05) is 0 Å². The molecule has 0 amide bonds. The molecule has 2 atom stereocenters. The number of nitrogens with zero attached hydrogens (tertiary/aromatic N) is 2. The molecular formula is C14H17N3S2. The van der Waals surface area contributed by atoms with Gasteiger partial charge in [0.15, 0.2) is 4.34 Å². The summed E-state index contributed by atoms with van der Waals surface area (Å²) in [5.41, 5.74) is 9.11. The largest absolute Gasteiger partial charge is 0.323 e. The lowest BCUT2D eigenvalue weighted by molar-refractivity contribution is 0.586. The highest BCUT2D eigenvalue weighted by atomic mass is 32.2. The molecule has 0 aliphatic heterocycles. The van der Waals surface area contributed by atoms with E-state index < -0.39 is 0 Å². The predicted octanol–water partition coefficient (Wildman–Crippen LogP) is 3.21.